The molecule has 2 aromatic carbocycles. The maximum atomic E-state index is 11.4. The number of carboxylic acid groups (broad SMARTS) is 1. The van der Waals surface area contributed by atoms with Crippen molar-refractivity contribution in [1.29, 1.82) is 0 Å². The molecule has 0 amide bonds. The quantitative estimate of drug-likeness (QED) is 0.719. The summed E-state index contributed by atoms with van der Waals surface area (Å²) in [6.07, 6.45) is 0. The van der Waals surface area contributed by atoms with E-state index >= 15 is 0 Å². The van der Waals surface area contributed by atoms with E-state index in [0.717, 1.165) is 5.56 Å². The second kappa shape index (κ2) is 3.96. The minimum Gasteiger partial charge on any atom is -0.478 e. The fraction of sp³-hybridized carbons (Fsp3) is 0. The number of aromatic carboxylic acids is 1. The maximum Gasteiger partial charge on any atom is 0.338 e. The summed E-state index contributed by atoms with van der Waals surface area (Å²) in [5.74, 6) is -1.01. The number of aromatic amines is 1. The van der Waals surface area contributed by atoms with Crippen LogP contribution in [-0.2, 0) is 0 Å². The fourth-order valence-corrected chi connectivity index (χ4v) is 1.99. The molecule has 5 heteroatoms. The Labute approximate surface area is 102 Å². The zero-order valence-corrected chi connectivity index (χ0v) is 9.29. The van der Waals surface area contributed by atoms with Crippen molar-refractivity contribution in [1.82, 2.24) is 15.4 Å². The number of nitrogens with zero attached hydrogens (tertiary/aromatic N) is 2. The number of aromatic nitrogens is 3. The summed E-state index contributed by atoms with van der Waals surface area (Å²) in [4.78, 5) is 11.4. The predicted octanol–water partition coefficient (Wildman–Crippen LogP) is 2.32. The highest BCUT2D eigenvalue weighted by Crippen LogP contribution is 2.28. The first-order valence-corrected chi connectivity index (χ1v) is 5.40. The molecule has 0 atom stereocenters. The lowest BCUT2D eigenvalue weighted by Crippen LogP contribution is -2.01. The Kier molecular flexibility index (Phi) is 2.30. The molecule has 0 aliphatic rings. The van der Waals surface area contributed by atoms with Gasteiger partial charge in [-0.2, -0.15) is 0 Å². The maximum absolute atomic E-state index is 11.4. The van der Waals surface area contributed by atoms with Gasteiger partial charge in [-0.15, -0.1) is 5.10 Å². The summed E-state index contributed by atoms with van der Waals surface area (Å²) < 4.78 is 0. The predicted molar refractivity (Wildman–Crippen MR) is 66.3 cm³/mol. The third-order valence-corrected chi connectivity index (χ3v) is 2.80. The molecule has 3 aromatic rings. The summed E-state index contributed by atoms with van der Waals surface area (Å²) >= 11 is 0. The van der Waals surface area contributed by atoms with E-state index in [0.29, 0.717) is 16.6 Å². The van der Waals surface area contributed by atoms with E-state index < -0.39 is 5.97 Å². The van der Waals surface area contributed by atoms with Gasteiger partial charge in [-0.25, -0.2) is 4.79 Å². The van der Waals surface area contributed by atoms with Crippen LogP contribution in [0.25, 0.3) is 22.2 Å². The Hall–Kier alpha value is -2.69. The molecular formula is C13H9N3O2. The highest BCUT2D eigenvalue weighted by molar-refractivity contribution is 6.07. The molecule has 0 radical (unpaired) electrons. The van der Waals surface area contributed by atoms with Crippen LogP contribution < -0.4 is 0 Å². The van der Waals surface area contributed by atoms with Gasteiger partial charge in [0.25, 0.3) is 0 Å². The van der Waals surface area contributed by atoms with E-state index in [1.54, 1.807) is 12.1 Å². The summed E-state index contributed by atoms with van der Waals surface area (Å²) in [6, 6.07) is 12.9. The molecule has 0 saturated heterocycles. The molecule has 88 valence electrons. The van der Waals surface area contributed by atoms with Crippen molar-refractivity contribution in [2.24, 2.45) is 0 Å². The number of rotatable bonds is 2. The average Bonchev–Trinajstić information content (AvgIpc) is 2.86. The lowest BCUT2D eigenvalue weighted by molar-refractivity contribution is 0.0699. The zero-order valence-electron chi connectivity index (χ0n) is 9.29. The number of hydrogen-bond acceptors (Lipinski definition) is 3. The van der Waals surface area contributed by atoms with Gasteiger partial charge >= 0.3 is 5.97 Å². The van der Waals surface area contributed by atoms with E-state index in [9.17, 15) is 9.90 Å². The molecule has 0 saturated carbocycles. The molecule has 1 aromatic heterocycles. The smallest absolute Gasteiger partial charge is 0.338 e. The van der Waals surface area contributed by atoms with Gasteiger partial charge in [0.15, 0.2) is 0 Å². The first-order valence-electron chi connectivity index (χ1n) is 5.40. The number of fused-ring (bicyclic) bond motifs is 1. The van der Waals surface area contributed by atoms with Crippen LogP contribution in [0.4, 0.5) is 0 Å². The van der Waals surface area contributed by atoms with Gasteiger partial charge in [-0.05, 0) is 17.2 Å². The van der Waals surface area contributed by atoms with Crippen LogP contribution in [0.3, 0.4) is 0 Å². The van der Waals surface area contributed by atoms with E-state index in [-0.39, 0.29) is 5.56 Å². The zero-order chi connectivity index (χ0) is 12.5. The van der Waals surface area contributed by atoms with Crippen LogP contribution in [0.2, 0.25) is 0 Å². The van der Waals surface area contributed by atoms with Gasteiger partial charge < -0.3 is 5.11 Å². The van der Waals surface area contributed by atoms with Crippen LogP contribution in [0.15, 0.2) is 42.5 Å². The molecule has 0 aliphatic carbocycles. The van der Waals surface area contributed by atoms with Crippen molar-refractivity contribution in [3.63, 3.8) is 0 Å². The molecule has 1 heterocycles. The largest absolute Gasteiger partial charge is 0.478 e. The average molecular weight is 239 g/mol. The van der Waals surface area contributed by atoms with E-state index in [2.05, 4.69) is 15.4 Å². The van der Waals surface area contributed by atoms with Crippen LogP contribution >= 0.6 is 0 Å². The van der Waals surface area contributed by atoms with Crippen molar-refractivity contribution >= 4 is 17.0 Å². The summed E-state index contributed by atoms with van der Waals surface area (Å²) in [5, 5.41) is 19.5. The summed E-state index contributed by atoms with van der Waals surface area (Å²) in [6.45, 7) is 0. The standard InChI is InChI=1S/C13H9N3O2/c17-13(18)11-9(8-4-2-1-3-5-8)6-7-10-12(11)15-16-14-10/h1-7H,(H,17,18)(H,14,15,16). The minimum atomic E-state index is -1.01. The lowest BCUT2D eigenvalue weighted by atomic mass is 9.98. The van der Waals surface area contributed by atoms with Gasteiger partial charge in [0.05, 0.1) is 11.1 Å². The molecule has 0 fully saturated rings. The monoisotopic (exact) mass is 239 g/mol. The number of benzene rings is 2. The van der Waals surface area contributed by atoms with E-state index in [4.69, 9.17) is 0 Å². The number of nitrogens with one attached hydrogen (secondary N) is 1. The molecule has 18 heavy (non-hydrogen) atoms. The van der Waals surface area contributed by atoms with Gasteiger partial charge in [0.1, 0.15) is 5.52 Å². The topological polar surface area (TPSA) is 78.9 Å². The Morgan fingerprint density at radius 1 is 1.11 bits per heavy atom. The molecule has 2 N–H and O–H groups in total. The van der Waals surface area contributed by atoms with Crippen LogP contribution in [0, 0.1) is 0 Å². The first kappa shape index (κ1) is 10.5. The minimum absolute atomic E-state index is 0.174. The third kappa shape index (κ3) is 1.53. The molecule has 5 nitrogen and oxygen atoms in total. The Bertz CT molecular complexity index is 719. The Morgan fingerprint density at radius 3 is 2.61 bits per heavy atom. The van der Waals surface area contributed by atoms with E-state index in [1.165, 1.54) is 0 Å². The van der Waals surface area contributed by atoms with Crippen molar-refractivity contribution in [2.45, 2.75) is 0 Å². The van der Waals surface area contributed by atoms with E-state index in [1.807, 2.05) is 30.3 Å². The van der Waals surface area contributed by atoms with Crippen LogP contribution in [-0.4, -0.2) is 26.5 Å². The molecule has 0 spiro atoms. The van der Waals surface area contributed by atoms with Crippen molar-refractivity contribution in [3.8, 4) is 11.1 Å². The Morgan fingerprint density at radius 2 is 1.89 bits per heavy atom. The molecule has 0 unspecified atom stereocenters. The molecule has 3 rings (SSSR count). The molecule has 0 bridgehead atoms. The van der Waals surface area contributed by atoms with Gasteiger partial charge in [0.2, 0.25) is 0 Å². The molecular weight excluding hydrogens is 230 g/mol. The highest BCUT2D eigenvalue weighted by Gasteiger charge is 2.17. The van der Waals surface area contributed by atoms with Crippen molar-refractivity contribution in [3.05, 3.63) is 48.0 Å². The number of carboxylic acids is 1. The van der Waals surface area contributed by atoms with Crippen LogP contribution in [0.1, 0.15) is 10.4 Å². The normalized spacial score (nSPS) is 10.7. The number of H-pyrrole nitrogens is 1. The van der Waals surface area contributed by atoms with Gasteiger partial charge in [0, 0.05) is 0 Å². The SMILES string of the molecule is O=C(O)c1c(-c2ccccc2)ccc2[nH]nnc12. The number of hydrogen-bond donors (Lipinski definition) is 2. The van der Waals surface area contributed by atoms with Gasteiger partial charge in [-0.1, -0.05) is 41.6 Å². The number of carbonyl (C=O) groups is 1. The van der Waals surface area contributed by atoms with Crippen molar-refractivity contribution in [2.75, 3.05) is 0 Å². The highest BCUT2D eigenvalue weighted by atomic mass is 16.4. The Balaban J connectivity index is 2.35. The summed E-state index contributed by atoms with van der Waals surface area (Å²) in [5.41, 5.74) is 2.66. The second-order valence-electron chi connectivity index (χ2n) is 3.87. The lowest BCUT2D eigenvalue weighted by Gasteiger charge is -2.06. The third-order valence-electron chi connectivity index (χ3n) is 2.80. The molecule has 0 aliphatic heterocycles. The first-order chi connectivity index (χ1) is 8.77. The van der Waals surface area contributed by atoms with Crippen LogP contribution in [0.5, 0.6) is 0 Å². The fourth-order valence-electron chi connectivity index (χ4n) is 1.99. The summed E-state index contributed by atoms with van der Waals surface area (Å²) in [7, 11) is 0. The second-order valence-corrected chi connectivity index (χ2v) is 3.87. The van der Waals surface area contributed by atoms with Crippen molar-refractivity contribution < 1.29 is 9.90 Å². The van der Waals surface area contributed by atoms with Gasteiger partial charge in [-0.3, -0.25) is 5.10 Å².